The van der Waals surface area contributed by atoms with Crippen molar-refractivity contribution in [2.24, 2.45) is 0 Å². The van der Waals surface area contributed by atoms with E-state index in [0.29, 0.717) is 18.7 Å². The van der Waals surface area contributed by atoms with Crippen molar-refractivity contribution in [3.05, 3.63) is 23.9 Å². The van der Waals surface area contributed by atoms with Gasteiger partial charge in [-0.05, 0) is 25.0 Å². The quantitative estimate of drug-likeness (QED) is 0.787. The van der Waals surface area contributed by atoms with Crippen LogP contribution in [0.2, 0.25) is 0 Å². The Kier molecular flexibility index (Phi) is 3.74. The molecular formula is C15H17F3N2O2. The smallest absolute Gasteiger partial charge is 0.417 e. The van der Waals surface area contributed by atoms with E-state index in [4.69, 9.17) is 4.74 Å². The van der Waals surface area contributed by atoms with Gasteiger partial charge >= 0.3 is 12.1 Å². The molecule has 7 heteroatoms. The summed E-state index contributed by atoms with van der Waals surface area (Å²) in [6.07, 6.45) is -0.270. The molecule has 1 aromatic heterocycles. The summed E-state index contributed by atoms with van der Waals surface area (Å²) in [6, 6.07) is 2.85. The van der Waals surface area contributed by atoms with Crippen LogP contribution in [-0.2, 0) is 15.7 Å². The summed E-state index contributed by atoms with van der Waals surface area (Å²) in [7, 11) is 0. The van der Waals surface area contributed by atoms with Gasteiger partial charge in [-0.15, -0.1) is 0 Å². The largest absolute Gasteiger partial charge is 0.462 e. The number of carbonyl (C=O) groups excluding carboxylic acids is 1. The Morgan fingerprint density at radius 3 is 2.36 bits per heavy atom. The van der Waals surface area contributed by atoms with Crippen molar-refractivity contribution in [1.29, 1.82) is 0 Å². The Morgan fingerprint density at radius 1 is 1.27 bits per heavy atom. The Labute approximate surface area is 126 Å². The maximum atomic E-state index is 12.6. The topological polar surface area (TPSA) is 42.4 Å². The molecule has 2 aliphatic rings. The van der Waals surface area contributed by atoms with E-state index in [1.54, 1.807) is 0 Å². The van der Waals surface area contributed by atoms with Gasteiger partial charge in [-0.3, -0.25) is 4.79 Å². The van der Waals surface area contributed by atoms with Gasteiger partial charge in [0.25, 0.3) is 0 Å². The first-order valence-electron chi connectivity index (χ1n) is 7.33. The highest BCUT2D eigenvalue weighted by Crippen LogP contribution is 2.40. The summed E-state index contributed by atoms with van der Waals surface area (Å²) in [5.41, 5.74) is -0.738. The van der Waals surface area contributed by atoms with Crippen LogP contribution in [0.15, 0.2) is 18.3 Å². The lowest BCUT2D eigenvalue weighted by molar-refractivity contribution is -0.147. The average molecular weight is 314 g/mol. The third kappa shape index (κ3) is 2.89. The Hall–Kier alpha value is -1.79. The summed E-state index contributed by atoms with van der Waals surface area (Å²) in [6.45, 7) is 1.39. The fourth-order valence-electron chi connectivity index (χ4n) is 3.54. The highest BCUT2D eigenvalue weighted by Gasteiger charge is 2.42. The predicted molar refractivity (Wildman–Crippen MR) is 73.3 cm³/mol. The zero-order valence-corrected chi connectivity index (χ0v) is 12.1. The van der Waals surface area contributed by atoms with Crippen LogP contribution in [0.1, 0.15) is 38.2 Å². The normalized spacial score (nSPS) is 27.8. The zero-order chi connectivity index (χ0) is 15.9. The van der Waals surface area contributed by atoms with Crippen LogP contribution in [0.25, 0.3) is 0 Å². The van der Waals surface area contributed by atoms with Crippen LogP contribution < -0.4 is 4.90 Å². The number of hydrogen-bond acceptors (Lipinski definition) is 4. The summed E-state index contributed by atoms with van der Waals surface area (Å²) < 4.78 is 43.1. The molecule has 0 spiro atoms. The van der Waals surface area contributed by atoms with E-state index in [-0.39, 0.29) is 24.2 Å². The van der Waals surface area contributed by atoms with Gasteiger partial charge in [0.2, 0.25) is 0 Å². The maximum Gasteiger partial charge on any atom is 0.417 e. The van der Waals surface area contributed by atoms with Gasteiger partial charge in [0.1, 0.15) is 11.9 Å². The van der Waals surface area contributed by atoms with E-state index in [9.17, 15) is 18.0 Å². The zero-order valence-electron chi connectivity index (χ0n) is 12.1. The minimum Gasteiger partial charge on any atom is -0.462 e. The SMILES string of the molecule is CC(=O)O[C@@H]1CC2CC[C@@H](C1)N2c1ccc(C(F)(F)F)cn1. The standard InChI is InChI=1S/C15H17F3N2O2/c1-9(21)22-13-6-11-3-4-12(7-13)20(11)14-5-2-10(8-19-14)15(16,17)18/h2,5,8,11-13H,3-4,6-7H2,1H3/t11-,12?,13-/m0/s1. The van der Waals surface area contributed by atoms with Crippen molar-refractivity contribution in [1.82, 2.24) is 4.98 Å². The summed E-state index contributed by atoms with van der Waals surface area (Å²) in [5, 5.41) is 0. The molecule has 2 saturated heterocycles. The number of rotatable bonds is 2. The van der Waals surface area contributed by atoms with Gasteiger partial charge in [-0.1, -0.05) is 0 Å². The lowest BCUT2D eigenvalue weighted by Gasteiger charge is -2.39. The van der Waals surface area contributed by atoms with Gasteiger partial charge in [0.15, 0.2) is 0 Å². The number of aromatic nitrogens is 1. The van der Waals surface area contributed by atoms with E-state index >= 15 is 0 Å². The summed E-state index contributed by atoms with van der Waals surface area (Å²) >= 11 is 0. The molecule has 2 bridgehead atoms. The van der Waals surface area contributed by atoms with E-state index in [0.717, 1.165) is 25.1 Å². The molecule has 0 saturated carbocycles. The van der Waals surface area contributed by atoms with Gasteiger partial charge < -0.3 is 9.64 Å². The minimum absolute atomic E-state index is 0.0966. The van der Waals surface area contributed by atoms with Crippen LogP contribution >= 0.6 is 0 Å². The van der Waals surface area contributed by atoms with Crippen LogP contribution in [-0.4, -0.2) is 29.1 Å². The number of piperidine rings is 1. The van der Waals surface area contributed by atoms with Gasteiger partial charge in [0, 0.05) is 38.0 Å². The molecule has 0 radical (unpaired) electrons. The fourth-order valence-corrected chi connectivity index (χ4v) is 3.54. The molecule has 1 aromatic rings. The summed E-state index contributed by atoms with van der Waals surface area (Å²) in [5.74, 6) is 0.285. The molecule has 0 aromatic carbocycles. The lowest BCUT2D eigenvalue weighted by Crippen LogP contribution is -2.46. The number of carbonyl (C=O) groups is 1. The molecule has 3 rings (SSSR count). The van der Waals surface area contributed by atoms with Crippen molar-refractivity contribution in [2.45, 2.75) is 57.0 Å². The van der Waals surface area contributed by atoms with E-state index in [1.165, 1.54) is 13.0 Å². The van der Waals surface area contributed by atoms with Crippen molar-refractivity contribution >= 4 is 11.8 Å². The molecule has 3 atom stereocenters. The van der Waals surface area contributed by atoms with Crippen molar-refractivity contribution in [3.8, 4) is 0 Å². The molecule has 22 heavy (non-hydrogen) atoms. The second-order valence-electron chi connectivity index (χ2n) is 5.90. The average Bonchev–Trinajstić information content (AvgIpc) is 2.69. The van der Waals surface area contributed by atoms with Crippen LogP contribution in [0.4, 0.5) is 19.0 Å². The number of anilines is 1. The Morgan fingerprint density at radius 2 is 1.91 bits per heavy atom. The van der Waals surface area contributed by atoms with E-state index in [2.05, 4.69) is 9.88 Å². The first kappa shape index (κ1) is 15.1. The highest BCUT2D eigenvalue weighted by atomic mass is 19.4. The molecule has 0 aliphatic carbocycles. The number of nitrogens with zero attached hydrogens (tertiary/aromatic N) is 2. The molecule has 1 unspecified atom stereocenters. The molecule has 0 N–H and O–H groups in total. The van der Waals surface area contributed by atoms with Crippen LogP contribution in [0, 0.1) is 0 Å². The Bertz CT molecular complexity index is 545. The first-order valence-corrected chi connectivity index (χ1v) is 7.33. The van der Waals surface area contributed by atoms with Gasteiger partial charge in [-0.2, -0.15) is 13.2 Å². The van der Waals surface area contributed by atoms with Crippen molar-refractivity contribution < 1.29 is 22.7 Å². The van der Waals surface area contributed by atoms with Gasteiger partial charge in [0.05, 0.1) is 5.56 Å². The van der Waals surface area contributed by atoms with Crippen molar-refractivity contribution in [3.63, 3.8) is 0 Å². The van der Waals surface area contributed by atoms with Crippen LogP contribution in [0.3, 0.4) is 0 Å². The second kappa shape index (κ2) is 5.44. The fraction of sp³-hybridized carbons (Fsp3) is 0.600. The lowest BCUT2D eigenvalue weighted by atomic mass is 9.99. The van der Waals surface area contributed by atoms with Gasteiger partial charge in [-0.25, -0.2) is 4.98 Å². The molecule has 0 amide bonds. The monoisotopic (exact) mass is 314 g/mol. The number of esters is 1. The Balaban J connectivity index is 1.75. The molecule has 2 fully saturated rings. The number of alkyl halides is 3. The highest BCUT2D eigenvalue weighted by molar-refractivity contribution is 5.66. The number of hydrogen-bond donors (Lipinski definition) is 0. The number of pyridine rings is 1. The number of fused-ring (bicyclic) bond motifs is 2. The minimum atomic E-state index is -4.37. The third-order valence-electron chi connectivity index (χ3n) is 4.36. The third-order valence-corrected chi connectivity index (χ3v) is 4.36. The van der Waals surface area contributed by atoms with Crippen molar-refractivity contribution in [2.75, 3.05) is 4.90 Å². The predicted octanol–water partition coefficient (Wildman–Crippen LogP) is 3.16. The second-order valence-corrected chi connectivity index (χ2v) is 5.90. The van der Waals surface area contributed by atoms with E-state index < -0.39 is 11.7 Å². The molecule has 120 valence electrons. The molecule has 2 aliphatic heterocycles. The van der Waals surface area contributed by atoms with E-state index in [1.807, 2.05) is 0 Å². The first-order chi connectivity index (χ1) is 10.3. The molecular weight excluding hydrogens is 297 g/mol. The molecule has 3 heterocycles. The van der Waals surface area contributed by atoms with Crippen LogP contribution in [0.5, 0.6) is 0 Å². The molecule has 4 nitrogen and oxygen atoms in total. The number of halogens is 3. The summed E-state index contributed by atoms with van der Waals surface area (Å²) in [4.78, 5) is 17.2. The maximum absolute atomic E-state index is 12.6. The number of ether oxygens (including phenoxy) is 1.